The van der Waals surface area contributed by atoms with E-state index in [0.29, 0.717) is 57.7 Å². The second kappa shape index (κ2) is 12.5. The van der Waals surface area contributed by atoms with Crippen LogP contribution in [0.4, 0.5) is 5.69 Å². The number of benzene rings is 3. The number of para-hydroxylation sites is 1. The van der Waals surface area contributed by atoms with Crippen molar-refractivity contribution in [2.45, 2.75) is 41.9 Å². The minimum Gasteiger partial charge on any atom is -0.450 e. The Hall–Kier alpha value is -3.40. The number of hydrogen-bond acceptors (Lipinski definition) is 6. The van der Waals surface area contributed by atoms with Gasteiger partial charge in [-0.2, -0.15) is 0 Å². The summed E-state index contributed by atoms with van der Waals surface area (Å²) in [6.45, 7) is 1.79. The number of ketones is 1. The van der Waals surface area contributed by atoms with Crippen molar-refractivity contribution in [3.05, 3.63) is 95.0 Å². The Kier molecular flexibility index (Phi) is 8.72. The number of carbonyl (C=O) groups excluding carboxylic acids is 4. The lowest BCUT2D eigenvalue weighted by Gasteiger charge is -2.29. The molecule has 3 aromatic carbocycles. The summed E-state index contributed by atoms with van der Waals surface area (Å²) in [5.41, 5.74) is 2.67. The molecule has 6 rings (SSSR count). The first-order chi connectivity index (χ1) is 21.2. The lowest BCUT2D eigenvalue weighted by molar-refractivity contribution is -0.122. The van der Waals surface area contributed by atoms with Crippen LogP contribution in [0.3, 0.4) is 0 Å². The fourth-order valence-electron chi connectivity index (χ4n) is 5.96. The van der Waals surface area contributed by atoms with E-state index in [-0.39, 0.29) is 44.7 Å². The number of anilines is 1. The summed E-state index contributed by atoms with van der Waals surface area (Å²) in [7, 11) is 0. The van der Waals surface area contributed by atoms with E-state index >= 15 is 0 Å². The van der Waals surface area contributed by atoms with E-state index in [1.807, 2.05) is 6.07 Å². The van der Waals surface area contributed by atoms with E-state index in [1.165, 1.54) is 4.90 Å². The Balaban J connectivity index is 1.31. The van der Waals surface area contributed by atoms with E-state index < -0.39 is 12.1 Å². The van der Waals surface area contributed by atoms with Gasteiger partial charge in [0.1, 0.15) is 0 Å². The number of hydrogen-bond donors (Lipinski definition) is 0. The second-order valence-corrected chi connectivity index (χ2v) is 13.8. The maximum atomic E-state index is 13.6. The summed E-state index contributed by atoms with van der Waals surface area (Å²) in [5.74, 6) is -2.02. The van der Waals surface area contributed by atoms with E-state index in [0.717, 1.165) is 0 Å². The molecule has 0 radical (unpaired) electrons. The van der Waals surface area contributed by atoms with Gasteiger partial charge in [0.25, 0.3) is 0 Å². The molecule has 1 aromatic heterocycles. The van der Waals surface area contributed by atoms with Gasteiger partial charge in [0.2, 0.25) is 17.6 Å². The molecule has 4 aromatic rings. The highest BCUT2D eigenvalue weighted by molar-refractivity contribution is 9.12. The molecule has 1 saturated heterocycles. The number of nitrogens with zero attached hydrogens (tertiary/aromatic N) is 2. The van der Waals surface area contributed by atoms with Crippen LogP contribution in [0.25, 0.3) is 22.2 Å². The molecule has 5 unspecified atom stereocenters. The van der Waals surface area contributed by atoms with Gasteiger partial charge in [0.15, 0.2) is 6.10 Å². The fourth-order valence-corrected chi connectivity index (χ4v) is 7.42. The van der Waals surface area contributed by atoms with Crippen LogP contribution < -0.4 is 4.90 Å². The number of carbonyl (C=O) groups is 4. The number of halogens is 3. The molecule has 0 bridgehead atoms. The van der Waals surface area contributed by atoms with Crippen LogP contribution in [0.5, 0.6) is 0 Å². The predicted octanol–water partition coefficient (Wildman–Crippen LogP) is 7.80. The van der Waals surface area contributed by atoms with E-state index in [9.17, 15) is 19.2 Å². The number of pyridine rings is 1. The molecule has 1 aliphatic carbocycles. The predicted molar refractivity (Wildman–Crippen MR) is 177 cm³/mol. The zero-order valence-electron chi connectivity index (χ0n) is 23.6. The maximum absolute atomic E-state index is 13.6. The van der Waals surface area contributed by atoms with Crippen molar-refractivity contribution in [1.29, 1.82) is 0 Å². The van der Waals surface area contributed by atoms with Gasteiger partial charge in [-0.25, -0.2) is 9.78 Å². The van der Waals surface area contributed by atoms with E-state index in [4.69, 9.17) is 21.3 Å². The van der Waals surface area contributed by atoms with Gasteiger partial charge in [-0.05, 0) is 43.5 Å². The molecule has 0 N–H and O–H groups in total. The van der Waals surface area contributed by atoms with Crippen molar-refractivity contribution in [2.24, 2.45) is 11.8 Å². The molecular formula is C34H27Br2ClN2O5. The lowest BCUT2D eigenvalue weighted by Crippen LogP contribution is -2.34. The zero-order valence-corrected chi connectivity index (χ0v) is 27.5. The average Bonchev–Trinajstić information content (AvgIpc) is 3.27. The molecular weight excluding hydrogens is 712 g/mol. The van der Waals surface area contributed by atoms with E-state index in [1.54, 1.807) is 79.7 Å². The summed E-state index contributed by atoms with van der Waals surface area (Å²) in [5, 5.41) is 0.851. The summed E-state index contributed by atoms with van der Waals surface area (Å²) in [6.07, 6.45) is 0.528. The first kappa shape index (κ1) is 30.6. The van der Waals surface area contributed by atoms with Crippen molar-refractivity contribution in [2.75, 3.05) is 4.90 Å². The largest absolute Gasteiger partial charge is 0.450 e. The third-order valence-corrected chi connectivity index (χ3v) is 11.4. The van der Waals surface area contributed by atoms with Crippen LogP contribution in [0.2, 0.25) is 5.02 Å². The number of ether oxygens (including phenoxy) is 1. The number of aromatic nitrogens is 1. The van der Waals surface area contributed by atoms with E-state index in [2.05, 4.69) is 31.9 Å². The topological polar surface area (TPSA) is 93.6 Å². The van der Waals surface area contributed by atoms with Gasteiger partial charge in [-0.15, -0.1) is 0 Å². The van der Waals surface area contributed by atoms with Gasteiger partial charge < -0.3 is 4.74 Å². The van der Waals surface area contributed by atoms with Crippen LogP contribution >= 0.6 is 43.5 Å². The third kappa shape index (κ3) is 5.61. The molecule has 1 aliphatic heterocycles. The number of fused-ring (bicyclic) bond motifs is 2. The van der Waals surface area contributed by atoms with Crippen molar-refractivity contribution in [3.8, 4) is 11.3 Å². The van der Waals surface area contributed by atoms with Gasteiger partial charge in [-0.3, -0.25) is 19.3 Å². The Morgan fingerprint density at radius 1 is 0.932 bits per heavy atom. The highest BCUT2D eigenvalue weighted by Crippen LogP contribution is 2.44. The van der Waals surface area contributed by atoms with Crippen molar-refractivity contribution >= 4 is 83.6 Å². The van der Waals surface area contributed by atoms with Crippen LogP contribution in [0, 0.1) is 11.8 Å². The molecule has 44 heavy (non-hydrogen) atoms. The number of amides is 2. The number of esters is 1. The molecule has 0 spiro atoms. The van der Waals surface area contributed by atoms with Gasteiger partial charge in [0, 0.05) is 26.2 Å². The average molecular weight is 739 g/mol. The first-order valence-corrected chi connectivity index (χ1v) is 16.5. The Morgan fingerprint density at radius 3 is 2.18 bits per heavy atom. The van der Waals surface area contributed by atoms with Crippen LogP contribution in [-0.2, 0) is 14.3 Å². The van der Waals surface area contributed by atoms with Crippen LogP contribution in [0.1, 0.15) is 46.9 Å². The second-order valence-electron chi connectivity index (χ2n) is 11.0. The van der Waals surface area contributed by atoms with Gasteiger partial charge >= 0.3 is 5.97 Å². The highest BCUT2D eigenvalue weighted by Gasteiger charge is 2.52. The number of alkyl halides is 2. The molecule has 2 amide bonds. The highest BCUT2D eigenvalue weighted by atomic mass is 79.9. The van der Waals surface area contributed by atoms with Crippen LogP contribution in [-0.4, -0.2) is 44.3 Å². The Bertz CT molecular complexity index is 1750. The molecule has 2 fully saturated rings. The molecule has 1 saturated carbocycles. The SMILES string of the molecule is CCC(OC(=O)c1cc(-c2ccc(N3C(=O)C4CC(Br)C(Br)CC4C3=O)cc2)nc2c(Cl)cccc12)C(=O)c1ccccc1. The quantitative estimate of drug-likeness (QED) is 0.0832. The summed E-state index contributed by atoms with van der Waals surface area (Å²) in [4.78, 5) is 59.5. The van der Waals surface area contributed by atoms with Crippen molar-refractivity contribution in [1.82, 2.24) is 4.98 Å². The van der Waals surface area contributed by atoms with Crippen molar-refractivity contribution in [3.63, 3.8) is 0 Å². The number of rotatable bonds is 7. The molecule has 10 heteroatoms. The maximum Gasteiger partial charge on any atom is 0.339 e. The molecule has 7 nitrogen and oxygen atoms in total. The fraction of sp³-hybridized carbons (Fsp3) is 0.265. The summed E-state index contributed by atoms with van der Waals surface area (Å²) >= 11 is 13.8. The lowest BCUT2D eigenvalue weighted by atomic mass is 9.81. The molecule has 2 heterocycles. The molecule has 224 valence electrons. The standard InChI is InChI=1S/C34H27Br2ClN2O5/c1-2-29(31(40)19-7-4-3-5-8-19)44-34(43)24-17-28(38-30-21(24)9-6-10-27(30)37)18-11-13-20(14-12-18)39-32(41)22-15-25(35)26(36)16-23(22)33(39)42/h3-14,17,22-23,25-26,29H,2,15-16H2,1H3. The van der Waals surface area contributed by atoms with Gasteiger partial charge in [0.05, 0.1) is 39.3 Å². The molecule has 2 aliphatic rings. The summed E-state index contributed by atoms with van der Waals surface area (Å²) < 4.78 is 5.76. The minimum atomic E-state index is -0.964. The molecule has 5 atom stereocenters. The number of Topliss-reactive ketones (excluding diaryl/α,β-unsaturated/α-hetero) is 1. The zero-order chi connectivity index (χ0) is 31.1. The monoisotopic (exact) mass is 736 g/mol. The summed E-state index contributed by atoms with van der Waals surface area (Å²) in [6, 6.07) is 22.4. The van der Waals surface area contributed by atoms with Gasteiger partial charge in [-0.1, -0.05) is 105 Å². The first-order valence-electron chi connectivity index (χ1n) is 14.3. The minimum absolute atomic E-state index is 0.124. The third-order valence-electron chi connectivity index (χ3n) is 8.31. The normalized spacial score (nSPS) is 22.1. The smallest absolute Gasteiger partial charge is 0.339 e. The van der Waals surface area contributed by atoms with Crippen LogP contribution in [0.15, 0.2) is 78.9 Å². The van der Waals surface area contributed by atoms with Crippen molar-refractivity contribution < 1.29 is 23.9 Å². The number of imide groups is 1. The Labute approximate surface area is 276 Å². The Morgan fingerprint density at radius 2 is 1.57 bits per heavy atom.